The Labute approximate surface area is 138 Å². The Bertz CT molecular complexity index is 792. The molecule has 0 spiro atoms. The van der Waals surface area contributed by atoms with Gasteiger partial charge in [0.2, 0.25) is 0 Å². The molecular formula is C18H16N2O2S. The van der Waals surface area contributed by atoms with E-state index in [4.69, 9.17) is 4.52 Å². The molecule has 23 heavy (non-hydrogen) atoms. The number of nitrogens with zero attached hydrogens (tertiary/aromatic N) is 2. The Morgan fingerprint density at radius 2 is 2.04 bits per heavy atom. The van der Waals surface area contributed by atoms with E-state index < -0.39 is 0 Å². The van der Waals surface area contributed by atoms with E-state index in [0.717, 1.165) is 18.4 Å². The van der Waals surface area contributed by atoms with Crippen LogP contribution in [0.3, 0.4) is 0 Å². The molecule has 0 bridgehead atoms. The molecular weight excluding hydrogens is 308 g/mol. The Morgan fingerprint density at radius 3 is 2.74 bits per heavy atom. The summed E-state index contributed by atoms with van der Waals surface area (Å²) in [5, 5.41) is 6.03. The third-order valence-electron chi connectivity index (χ3n) is 3.94. The van der Waals surface area contributed by atoms with Crippen LogP contribution >= 0.6 is 11.3 Å². The minimum absolute atomic E-state index is 0.0492. The Kier molecular flexibility index (Phi) is 3.71. The van der Waals surface area contributed by atoms with Crippen molar-refractivity contribution in [3.05, 3.63) is 64.5 Å². The largest absolute Gasteiger partial charge is 0.355 e. The molecule has 0 N–H and O–H groups in total. The molecule has 1 fully saturated rings. The molecule has 0 aliphatic heterocycles. The first kappa shape index (κ1) is 14.2. The third kappa shape index (κ3) is 3.05. The number of amides is 1. The van der Waals surface area contributed by atoms with Crippen molar-refractivity contribution in [3.8, 4) is 11.3 Å². The van der Waals surface area contributed by atoms with Crippen molar-refractivity contribution in [1.29, 1.82) is 0 Å². The van der Waals surface area contributed by atoms with Crippen LogP contribution < -0.4 is 0 Å². The van der Waals surface area contributed by atoms with Gasteiger partial charge in [-0.05, 0) is 24.3 Å². The molecule has 0 saturated heterocycles. The topological polar surface area (TPSA) is 46.3 Å². The summed E-state index contributed by atoms with van der Waals surface area (Å²) < 4.78 is 5.36. The molecule has 1 aromatic carbocycles. The van der Waals surface area contributed by atoms with Crippen molar-refractivity contribution in [3.63, 3.8) is 0 Å². The number of hydrogen-bond acceptors (Lipinski definition) is 4. The first-order chi connectivity index (χ1) is 11.3. The summed E-state index contributed by atoms with van der Waals surface area (Å²) in [6.07, 6.45) is 2.14. The second kappa shape index (κ2) is 6.01. The van der Waals surface area contributed by atoms with Gasteiger partial charge < -0.3 is 9.42 Å². The van der Waals surface area contributed by atoms with Crippen LogP contribution in [0.5, 0.6) is 0 Å². The lowest BCUT2D eigenvalue weighted by Gasteiger charge is -2.20. The lowest BCUT2D eigenvalue weighted by atomic mass is 10.1. The molecule has 1 aliphatic rings. The van der Waals surface area contributed by atoms with E-state index in [9.17, 15) is 4.79 Å². The van der Waals surface area contributed by atoms with E-state index in [1.54, 1.807) is 17.4 Å². The standard InChI is InChI=1S/C18H16N2O2S/c21-18(20(14-8-9-14)12-15-7-4-10-23-15)16-11-17(22-19-16)13-5-2-1-3-6-13/h1-7,10-11,14H,8-9,12H2. The molecule has 1 saturated carbocycles. The minimum Gasteiger partial charge on any atom is -0.355 e. The van der Waals surface area contributed by atoms with Crippen LogP contribution in [0.15, 0.2) is 58.4 Å². The average molecular weight is 324 g/mol. The summed E-state index contributed by atoms with van der Waals surface area (Å²) in [6.45, 7) is 0.648. The van der Waals surface area contributed by atoms with Gasteiger partial charge in [-0.15, -0.1) is 11.3 Å². The van der Waals surface area contributed by atoms with E-state index in [1.165, 1.54) is 4.88 Å². The highest BCUT2D eigenvalue weighted by molar-refractivity contribution is 7.09. The van der Waals surface area contributed by atoms with E-state index in [1.807, 2.05) is 46.7 Å². The summed E-state index contributed by atoms with van der Waals surface area (Å²) >= 11 is 1.67. The third-order valence-corrected chi connectivity index (χ3v) is 4.80. The first-order valence-corrected chi connectivity index (χ1v) is 8.55. The van der Waals surface area contributed by atoms with Crippen molar-refractivity contribution in [1.82, 2.24) is 10.1 Å². The van der Waals surface area contributed by atoms with Crippen LogP contribution in [-0.4, -0.2) is 22.0 Å². The van der Waals surface area contributed by atoms with Crippen molar-refractivity contribution < 1.29 is 9.32 Å². The fourth-order valence-electron chi connectivity index (χ4n) is 2.58. The number of aromatic nitrogens is 1. The van der Waals surface area contributed by atoms with Gasteiger partial charge in [-0.25, -0.2) is 0 Å². The van der Waals surface area contributed by atoms with Crippen LogP contribution in [0, 0.1) is 0 Å². The van der Waals surface area contributed by atoms with Gasteiger partial charge in [0.05, 0.1) is 6.54 Å². The van der Waals surface area contributed by atoms with Gasteiger partial charge in [0.1, 0.15) is 0 Å². The molecule has 0 radical (unpaired) electrons. The SMILES string of the molecule is O=C(c1cc(-c2ccccc2)on1)N(Cc1cccs1)C1CC1. The second-order valence-electron chi connectivity index (χ2n) is 5.69. The van der Waals surface area contributed by atoms with Crippen LogP contribution in [0.2, 0.25) is 0 Å². The molecule has 0 unspecified atom stereocenters. The molecule has 1 aliphatic carbocycles. The van der Waals surface area contributed by atoms with Crippen LogP contribution in [0.1, 0.15) is 28.2 Å². The van der Waals surface area contributed by atoms with E-state index >= 15 is 0 Å². The summed E-state index contributed by atoms with van der Waals surface area (Å²) in [5.74, 6) is 0.577. The van der Waals surface area contributed by atoms with Crippen molar-refractivity contribution in [2.45, 2.75) is 25.4 Å². The zero-order valence-electron chi connectivity index (χ0n) is 12.5. The molecule has 3 aromatic rings. The maximum absolute atomic E-state index is 12.8. The molecule has 116 valence electrons. The van der Waals surface area contributed by atoms with Gasteiger partial charge >= 0.3 is 0 Å². The van der Waals surface area contributed by atoms with Gasteiger partial charge in [0, 0.05) is 22.5 Å². The van der Waals surface area contributed by atoms with Gasteiger partial charge in [0.25, 0.3) is 5.91 Å². The van der Waals surface area contributed by atoms with Gasteiger partial charge in [-0.3, -0.25) is 4.79 Å². The normalized spacial score (nSPS) is 13.9. The maximum atomic E-state index is 12.8. The molecule has 1 amide bonds. The summed E-state index contributed by atoms with van der Waals surface area (Å²) in [7, 11) is 0. The lowest BCUT2D eigenvalue weighted by molar-refractivity contribution is 0.0721. The Morgan fingerprint density at radius 1 is 1.22 bits per heavy atom. The highest BCUT2D eigenvalue weighted by Gasteiger charge is 2.34. The van der Waals surface area contributed by atoms with Crippen LogP contribution in [0.25, 0.3) is 11.3 Å². The molecule has 5 heteroatoms. The van der Waals surface area contributed by atoms with Crippen molar-refractivity contribution in [2.24, 2.45) is 0 Å². The smallest absolute Gasteiger partial charge is 0.276 e. The fourth-order valence-corrected chi connectivity index (χ4v) is 3.29. The summed E-state index contributed by atoms with van der Waals surface area (Å²) in [5.41, 5.74) is 1.31. The monoisotopic (exact) mass is 324 g/mol. The van der Waals surface area contributed by atoms with Gasteiger partial charge in [-0.2, -0.15) is 0 Å². The van der Waals surface area contributed by atoms with Gasteiger partial charge in [0.15, 0.2) is 11.5 Å². The molecule has 0 atom stereocenters. The number of thiophene rings is 1. The lowest BCUT2D eigenvalue weighted by Crippen LogP contribution is -2.32. The number of hydrogen-bond donors (Lipinski definition) is 0. The first-order valence-electron chi connectivity index (χ1n) is 7.67. The van der Waals surface area contributed by atoms with Crippen LogP contribution in [-0.2, 0) is 6.54 Å². The summed E-state index contributed by atoms with van der Waals surface area (Å²) in [4.78, 5) is 15.9. The number of carbonyl (C=O) groups is 1. The quantitative estimate of drug-likeness (QED) is 0.706. The fraction of sp³-hybridized carbons (Fsp3) is 0.222. The Hall–Kier alpha value is -2.40. The number of benzene rings is 1. The zero-order chi connectivity index (χ0) is 15.6. The minimum atomic E-state index is -0.0492. The second-order valence-corrected chi connectivity index (χ2v) is 6.72. The summed E-state index contributed by atoms with van der Waals surface area (Å²) in [6, 6.07) is 15.9. The molecule has 4 nitrogen and oxygen atoms in total. The van der Waals surface area contributed by atoms with E-state index in [0.29, 0.717) is 24.0 Å². The predicted octanol–water partition coefficient (Wildman–Crippen LogP) is 4.21. The van der Waals surface area contributed by atoms with E-state index in [2.05, 4.69) is 11.2 Å². The number of rotatable bonds is 5. The van der Waals surface area contributed by atoms with Gasteiger partial charge in [-0.1, -0.05) is 41.6 Å². The molecule has 4 rings (SSSR count). The van der Waals surface area contributed by atoms with Crippen LogP contribution in [0.4, 0.5) is 0 Å². The predicted molar refractivity (Wildman–Crippen MR) is 89.2 cm³/mol. The van der Waals surface area contributed by atoms with Crippen molar-refractivity contribution in [2.75, 3.05) is 0 Å². The molecule has 2 heterocycles. The number of carbonyl (C=O) groups excluding carboxylic acids is 1. The average Bonchev–Trinajstić information content (AvgIpc) is 3.10. The van der Waals surface area contributed by atoms with Crippen molar-refractivity contribution >= 4 is 17.2 Å². The highest BCUT2D eigenvalue weighted by Crippen LogP contribution is 2.31. The molecule has 2 aromatic heterocycles. The highest BCUT2D eigenvalue weighted by atomic mass is 32.1. The van der Waals surface area contributed by atoms with E-state index in [-0.39, 0.29) is 5.91 Å². The zero-order valence-corrected chi connectivity index (χ0v) is 13.3. The Balaban J connectivity index is 1.56. The maximum Gasteiger partial charge on any atom is 0.276 e.